The van der Waals surface area contributed by atoms with E-state index in [1.807, 2.05) is 13.8 Å². The van der Waals surface area contributed by atoms with Gasteiger partial charge >= 0.3 is 10.1 Å². The molecule has 2 aromatic carbocycles. The molecule has 0 fully saturated rings. The molecule has 1 aliphatic rings. The zero-order valence-corrected chi connectivity index (χ0v) is 16.4. The average Bonchev–Trinajstić information content (AvgIpc) is 2.85. The summed E-state index contributed by atoms with van der Waals surface area (Å²) in [6.07, 6.45) is 0.358. The first-order valence-corrected chi connectivity index (χ1v) is 9.89. The molecule has 0 saturated carbocycles. The highest BCUT2D eigenvalue weighted by molar-refractivity contribution is 9.10. The summed E-state index contributed by atoms with van der Waals surface area (Å²) in [6.45, 7) is 3.86. The van der Waals surface area contributed by atoms with Crippen molar-refractivity contribution in [1.29, 1.82) is 0 Å². The predicted octanol–water partition coefficient (Wildman–Crippen LogP) is 4.22. The summed E-state index contributed by atoms with van der Waals surface area (Å²) < 4.78 is 36.6. The van der Waals surface area contributed by atoms with Crippen molar-refractivity contribution in [2.45, 2.75) is 31.1 Å². The van der Waals surface area contributed by atoms with Crippen molar-refractivity contribution < 1.29 is 22.1 Å². The van der Waals surface area contributed by atoms with Crippen LogP contribution in [-0.2, 0) is 10.1 Å². The number of hydrogen-bond acceptors (Lipinski definition) is 5. The Morgan fingerprint density at radius 3 is 2.52 bits per heavy atom. The molecule has 0 bridgehead atoms. The van der Waals surface area contributed by atoms with Gasteiger partial charge in [0.2, 0.25) is 0 Å². The predicted molar refractivity (Wildman–Crippen MR) is 97.0 cm³/mol. The van der Waals surface area contributed by atoms with E-state index in [-0.39, 0.29) is 28.1 Å². The van der Waals surface area contributed by atoms with Gasteiger partial charge in [0.25, 0.3) is 0 Å². The molecular formula is C18H17BrO5S. The maximum absolute atomic E-state index is 12.8. The number of hydrogen-bond donors (Lipinski definition) is 0. The van der Waals surface area contributed by atoms with Crippen LogP contribution in [0, 0.1) is 6.92 Å². The van der Waals surface area contributed by atoms with Gasteiger partial charge in [-0.15, -0.1) is 0 Å². The lowest BCUT2D eigenvalue weighted by atomic mass is 9.98. The van der Waals surface area contributed by atoms with Crippen molar-refractivity contribution in [3.05, 3.63) is 51.5 Å². The number of rotatable bonds is 4. The van der Waals surface area contributed by atoms with Gasteiger partial charge in [0.1, 0.15) is 10.6 Å². The van der Waals surface area contributed by atoms with Crippen LogP contribution in [0.1, 0.15) is 40.7 Å². The van der Waals surface area contributed by atoms with Crippen LogP contribution >= 0.6 is 15.9 Å². The summed E-state index contributed by atoms with van der Waals surface area (Å²) in [5, 5.41) is 0. The van der Waals surface area contributed by atoms with E-state index in [4.69, 9.17) is 8.92 Å². The summed E-state index contributed by atoms with van der Waals surface area (Å²) in [4.78, 5) is 12.2. The fourth-order valence-corrected chi connectivity index (χ4v) is 4.83. The van der Waals surface area contributed by atoms with Gasteiger partial charge in [-0.3, -0.25) is 4.79 Å². The molecule has 0 saturated heterocycles. The van der Waals surface area contributed by atoms with Gasteiger partial charge in [-0.25, -0.2) is 0 Å². The maximum atomic E-state index is 12.8. The zero-order chi connectivity index (χ0) is 18.4. The minimum absolute atomic E-state index is 0.0501. The van der Waals surface area contributed by atoms with Crippen molar-refractivity contribution in [3.63, 3.8) is 0 Å². The molecule has 0 aliphatic heterocycles. The van der Waals surface area contributed by atoms with Crippen molar-refractivity contribution in [2.75, 3.05) is 7.11 Å². The van der Waals surface area contributed by atoms with Gasteiger partial charge in [-0.2, -0.15) is 8.42 Å². The Bertz CT molecular complexity index is 966. The Kier molecular flexibility index (Phi) is 4.64. The van der Waals surface area contributed by atoms with Gasteiger partial charge in [0.05, 0.1) is 12.7 Å². The summed E-state index contributed by atoms with van der Waals surface area (Å²) in [5.41, 5.74) is 2.18. The van der Waals surface area contributed by atoms with Crippen LogP contribution in [0.5, 0.6) is 11.5 Å². The van der Waals surface area contributed by atoms with Crippen molar-refractivity contribution >= 4 is 31.8 Å². The van der Waals surface area contributed by atoms with E-state index in [0.29, 0.717) is 16.5 Å². The minimum Gasteiger partial charge on any atom is -0.495 e. The van der Waals surface area contributed by atoms with E-state index < -0.39 is 10.1 Å². The molecule has 2 aromatic rings. The number of aryl methyl sites for hydroxylation is 1. The number of halogens is 1. The van der Waals surface area contributed by atoms with Crippen molar-refractivity contribution in [1.82, 2.24) is 0 Å². The van der Waals surface area contributed by atoms with E-state index in [0.717, 1.165) is 11.1 Å². The Morgan fingerprint density at radius 2 is 1.84 bits per heavy atom. The average molecular weight is 425 g/mol. The molecule has 25 heavy (non-hydrogen) atoms. The number of carbonyl (C=O) groups is 1. The van der Waals surface area contributed by atoms with Crippen LogP contribution < -0.4 is 8.92 Å². The van der Waals surface area contributed by atoms with Gasteiger partial charge in [0.15, 0.2) is 11.5 Å². The molecule has 7 heteroatoms. The van der Waals surface area contributed by atoms with Crippen molar-refractivity contribution in [3.8, 4) is 11.5 Å². The number of fused-ring (bicyclic) bond motifs is 1. The molecule has 0 N–H and O–H groups in total. The Labute approximate surface area is 155 Å². The third kappa shape index (κ3) is 3.18. The van der Waals surface area contributed by atoms with Crippen molar-refractivity contribution in [2.24, 2.45) is 0 Å². The quantitative estimate of drug-likeness (QED) is 0.686. The molecule has 0 aromatic heterocycles. The Morgan fingerprint density at radius 1 is 1.16 bits per heavy atom. The van der Waals surface area contributed by atoms with Crippen LogP contribution in [0.15, 0.2) is 39.7 Å². The molecule has 1 aliphatic carbocycles. The lowest BCUT2D eigenvalue weighted by molar-refractivity contribution is 0.0989. The molecule has 1 atom stereocenters. The third-order valence-corrected chi connectivity index (χ3v) is 6.03. The highest BCUT2D eigenvalue weighted by Crippen LogP contribution is 2.41. The van der Waals surface area contributed by atoms with Crippen LogP contribution in [-0.4, -0.2) is 21.3 Å². The SMILES string of the molecule is COc1ccc(Br)cc1S(=O)(=O)Oc1ccc(C)c2c1C(=O)CC2C. The number of Topliss-reactive ketones (excluding diaryl/α,β-unsaturated/α-hetero) is 1. The van der Waals surface area contributed by atoms with Gasteiger partial charge in [-0.1, -0.05) is 28.9 Å². The highest BCUT2D eigenvalue weighted by Gasteiger charge is 2.33. The molecule has 0 amide bonds. The second-order valence-corrected chi connectivity index (χ2v) is 8.46. The second-order valence-electron chi connectivity index (χ2n) is 6.03. The Hall–Kier alpha value is -1.86. The second kappa shape index (κ2) is 6.46. The summed E-state index contributed by atoms with van der Waals surface area (Å²) in [5.74, 6) is 0.190. The fraction of sp³-hybridized carbons (Fsp3) is 0.278. The first-order valence-electron chi connectivity index (χ1n) is 7.69. The monoisotopic (exact) mass is 424 g/mol. The van der Waals surface area contributed by atoms with E-state index >= 15 is 0 Å². The van der Waals surface area contributed by atoms with Crippen LogP contribution in [0.4, 0.5) is 0 Å². The molecule has 0 heterocycles. The standard InChI is InChI=1S/C18H17BrO5S/c1-10-4-6-15(18-13(20)8-11(2)17(10)18)24-25(21,22)16-9-12(19)5-7-14(16)23-3/h4-7,9,11H,8H2,1-3H3. The lowest BCUT2D eigenvalue weighted by Crippen LogP contribution is -2.13. The molecular weight excluding hydrogens is 408 g/mol. The summed E-state index contributed by atoms with van der Waals surface area (Å²) in [6, 6.07) is 7.93. The zero-order valence-electron chi connectivity index (χ0n) is 14.0. The van der Waals surface area contributed by atoms with E-state index in [2.05, 4.69) is 15.9 Å². The molecule has 0 spiro atoms. The number of ketones is 1. The van der Waals surface area contributed by atoms with E-state index in [9.17, 15) is 13.2 Å². The van der Waals surface area contributed by atoms with Crippen LogP contribution in [0.3, 0.4) is 0 Å². The number of benzene rings is 2. The van der Waals surface area contributed by atoms with Crippen LogP contribution in [0.2, 0.25) is 0 Å². The number of carbonyl (C=O) groups excluding carboxylic acids is 1. The van der Waals surface area contributed by atoms with Gasteiger partial charge < -0.3 is 8.92 Å². The molecule has 0 radical (unpaired) electrons. The summed E-state index contributed by atoms with van der Waals surface area (Å²) in [7, 11) is -2.78. The molecule has 1 unspecified atom stereocenters. The Balaban J connectivity index is 2.10. The topological polar surface area (TPSA) is 69.7 Å². The molecule has 132 valence electrons. The number of methoxy groups -OCH3 is 1. The smallest absolute Gasteiger partial charge is 0.342 e. The molecule has 5 nitrogen and oxygen atoms in total. The van der Waals surface area contributed by atoms with E-state index in [1.165, 1.54) is 25.3 Å². The number of ether oxygens (including phenoxy) is 1. The summed E-state index contributed by atoms with van der Waals surface area (Å²) >= 11 is 3.25. The minimum atomic E-state index is -4.16. The third-order valence-electron chi connectivity index (χ3n) is 4.28. The molecule has 3 rings (SSSR count). The largest absolute Gasteiger partial charge is 0.495 e. The van der Waals surface area contributed by atoms with Gasteiger partial charge in [0, 0.05) is 10.9 Å². The maximum Gasteiger partial charge on any atom is 0.342 e. The highest BCUT2D eigenvalue weighted by atomic mass is 79.9. The normalized spacial score (nSPS) is 16.6. The first-order chi connectivity index (χ1) is 11.7. The van der Waals surface area contributed by atoms with Crippen LogP contribution in [0.25, 0.3) is 0 Å². The van der Waals surface area contributed by atoms with Gasteiger partial charge in [-0.05, 0) is 48.2 Å². The first kappa shape index (κ1) is 17.9. The van der Waals surface area contributed by atoms with E-state index in [1.54, 1.807) is 12.1 Å². The lowest BCUT2D eigenvalue weighted by Gasteiger charge is -2.14. The fourth-order valence-electron chi connectivity index (χ4n) is 3.19.